The van der Waals surface area contributed by atoms with E-state index in [1.54, 1.807) is 18.2 Å². The van der Waals surface area contributed by atoms with Gasteiger partial charge in [-0.15, -0.1) is 0 Å². The summed E-state index contributed by atoms with van der Waals surface area (Å²) in [7, 11) is 0. The molecular formula is C16H13F3NO. The molecule has 0 saturated heterocycles. The van der Waals surface area contributed by atoms with Gasteiger partial charge in [-0.1, -0.05) is 24.3 Å². The van der Waals surface area contributed by atoms with Crippen LogP contribution in [0.25, 0.3) is 11.1 Å². The summed E-state index contributed by atoms with van der Waals surface area (Å²) in [6.07, 6.45) is -4.01. The minimum absolute atomic E-state index is 0.255. The Morgan fingerprint density at radius 3 is 2.57 bits per heavy atom. The van der Waals surface area contributed by atoms with Crippen LogP contribution in [0.2, 0.25) is 0 Å². The van der Waals surface area contributed by atoms with Gasteiger partial charge in [0.05, 0.1) is 5.56 Å². The van der Waals surface area contributed by atoms with E-state index in [-0.39, 0.29) is 6.54 Å². The molecule has 0 fully saturated rings. The van der Waals surface area contributed by atoms with Crippen LogP contribution in [0.1, 0.15) is 16.7 Å². The first-order valence-electron chi connectivity index (χ1n) is 6.51. The molecule has 5 heteroatoms. The van der Waals surface area contributed by atoms with Gasteiger partial charge in [0, 0.05) is 18.5 Å². The number of hydrogen-bond acceptors (Lipinski definition) is 2. The summed E-state index contributed by atoms with van der Waals surface area (Å²) in [5.74, 6) is 0.490. The van der Waals surface area contributed by atoms with E-state index in [1.165, 1.54) is 6.61 Å². The molecule has 0 spiro atoms. The van der Waals surface area contributed by atoms with E-state index >= 15 is 0 Å². The molecule has 2 nitrogen and oxygen atoms in total. The largest absolute Gasteiger partial charge is 0.485 e. The summed E-state index contributed by atoms with van der Waals surface area (Å²) in [6, 6.07) is 9.44. The molecule has 109 valence electrons. The van der Waals surface area contributed by atoms with E-state index < -0.39 is 11.7 Å². The highest BCUT2D eigenvalue weighted by Gasteiger charge is 2.33. The van der Waals surface area contributed by atoms with Crippen molar-refractivity contribution in [3.63, 3.8) is 0 Å². The zero-order valence-electron chi connectivity index (χ0n) is 11.1. The van der Waals surface area contributed by atoms with Crippen LogP contribution in [-0.4, -0.2) is 0 Å². The number of fused-ring (bicyclic) bond motifs is 1. The maximum Gasteiger partial charge on any atom is 0.416 e. The van der Waals surface area contributed by atoms with Gasteiger partial charge in [-0.3, -0.25) is 0 Å². The van der Waals surface area contributed by atoms with E-state index in [2.05, 4.69) is 0 Å². The van der Waals surface area contributed by atoms with E-state index in [0.29, 0.717) is 28.9 Å². The molecule has 0 atom stereocenters. The lowest BCUT2D eigenvalue weighted by Gasteiger charge is -2.15. The molecule has 21 heavy (non-hydrogen) atoms. The Labute approximate surface area is 120 Å². The van der Waals surface area contributed by atoms with Gasteiger partial charge in [0.1, 0.15) is 12.4 Å². The third kappa shape index (κ3) is 2.49. The van der Waals surface area contributed by atoms with Crippen LogP contribution in [0.4, 0.5) is 13.2 Å². The van der Waals surface area contributed by atoms with Gasteiger partial charge in [0.25, 0.3) is 0 Å². The minimum atomic E-state index is -4.38. The summed E-state index contributed by atoms with van der Waals surface area (Å²) >= 11 is 0. The standard InChI is InChI=1S/C16H13F3NO/c17-16(18,19)12-7-10-5-6-21-15(10)14(8-12)13-4-2-1-3-11(13)9-20/h1-4,6-8H,5,9,20H2. The summed E-state index contributed by atoms with van der Waals surface area (Å²) < 4.78 is 44.6. The van der Waals surface area contributed by atoms with Crippen molar-refractivity contribution >= 4 is 0 Å². The van der Waals surface area contributed by atoms with Gasteiger partial charge < -0.3 is 10.5 Å². The Morgan fingerprint density at radius 1 is 1.10 bits per heavy atom. The third-order valence-electron chi connectivity index (χ3n) is 3.53. The van der Waals surface area contributed by atoms with Crippen molar-refractivity contribution in [3.05, 3.63) is 59.7 Å². The molecule has 2 aromatic rings. The van der Waals surface area contributed by atoms with Crippen LogP contribution in [0, 0.1) is 6.61 Å². The quantitative estimate of drug-likeness (QED) is 0.910. The lowest BCUT2D eigenvalue weighted by Crippen LogP contribution is -2.06. The fourth-order valence-electron chi connectivity index (χ4n) is 2.52. The van der Waals surface area contributed by atoms with Gasteiger partial charge in [0.15, 0.2) is 0 Å². The predicted octanol–water partition coefficient (Wildman–Crippen LogP) is 3.93. The molecular weight excluding hydrogens is 279 g/mol. The van der Waals surface area contributed by atoms with E-state index in [9.17, 15) is 13.2 Å². The molecule has 0 unspecified atom stereocenters. The summed E-state index contributed by atoms with van der Waals surface area (Å²) in [5.41, 5.74) is 7.47. The topological polar surface area (TPSA) is 35.2 Å². The van der Waals surface area contributed by atoms with Crippen LogP contribution in [0.15, 0.2) is 36.4 Å². The Hall–Kier alpha value is -2.01. The molecule has 1 heterocycles. The molecule has 1 radical (unpaired) electrons. The number of benzene rings is 2. The summed E-state index contributed by atoms with van der Waals surface area (Å²) in [6.45, 7) is 1.77. The summed E-state index contributed by atoms with van der Waals surface area (Å²) in [4.78, 5) is 0. The number of hydrogen-bond donors (Lipinski definition) is 1. The molecule has 0 aromatic heterocycles. The molecule has 0 aliphatic carbocycles. The second-order valence-corrected chi connectivity index (χ2v) is 4.86. The first-order chi connectivity index (χ1) is 10.0. The van der Waals surface area contributed by atoms with Gasteiger partial charge in [-0.25, -0.2) is 0 Å². The van der Waals surface area contributed by atoms with Crippen molar-refractivity contribution in [2.24, 2.45) is 5.73 Å². The average Bonchev–Trinajstić information content (AvgIpc) is 2.93. The average molecular weight is 292 g/mol. The van der Waals surface area contributed by atoms with Crippen LogP contribution < -0.4 is 10.5 Å². The third-order valence-corrected chi connectivity index (χ3v) is 3.53. The number of rotatable bonds is 2. The fourth-order valence-corrected chi connectivity index (χ4v) is 2.52. The van der Waals surface area contributed by atoms with Gasteiger partial charge in [0.2, 0.25) is 0 Å². The second kappa shape index (κ2) is 5.07. The Bertz CT molecular complexity index is 680. The van der Waals surface area contributed by atoms with E-state index in [0.717, 1.165) is 17.7 Å². The molecule has 2 aromatic carbocycles. The lowest BCUT2D eigenvalue weighted by atomic mass is 9.94. The van der Waals surface area contributed by atoms with Gasteiger partial charge in [-0.05, 0) is 28.8 Å². The van der Waals surface area contributed by atoms with Gasteiger partial charge in [-0.2, -0.15) is 13.2 Å². The van der Waals surface area contributed by atoms with Crippen LogP contribution >= 0.6 is 0 Å². The SMILES string of the molecule is NCc1ccccc1-c1cc(C(F)(F)F)cc2c1O[CH]C2. The Balaban J connectivity index is 2.24. The monoisotopic (exact) mass is 292 g/mol. The Morgan fingerprint density at radius 2 is 1.86 bits per heavy atom. The van der Waals surface area contributed by atoms with Gasteiger partial charge >= 0.3 is 6.18 Å². The first-order valence-corrected chi connectivity index (χ1v) is 6.51. The van der Waals surface area contributed by atoms with E-state index in [4.69, 9.17) is 10.5 Å². The van der Waals surface area contributed by atoms with Crippen molar-refractivity contribution in [1.82, 2.24) is 0 Å². The van der Waals surface area contributed by atoms with Crippen molar-refractivity contribution in [1.29, 1.82) is 0 Å². The highest BCUT2D eigenvalue weighted by Crippen LogP contribution is 2.43. The number of alkyl halides is 3. The molecule has 3 rings (SSSR count). The molecule has 0 bridgehead atoms. The Kier molecular flexibility index (Phi) is 3.37. The van der Waals surface area contributed by atoms with Crippen LogP contribution in [-0.2, 0) is 19.1 Å². The summed E-state index contributed by atoms with van der Waals surface area (Å²) in [5, 5.41) is 0. The van der Waals surface area contributed by atoms with Crippen LogP contribution in [0.5, 0.6) is 5.75 Å². The predicted molar refractivity (Wildman–Crippen MR) is 73.4 cm³/mol. The van der Waals surface area contributed by atoms with Crippen molar-refractivity contribution in [2.75, 3.05) is 0 Å². The zero-order valence-corrected chi connectivity index (χ0v) is 11.1. The molecule has 2 N–H and O–H groups in total. The van der Waals surface area contributed by atoms with E-state index in [1.807, 2.05) is 6.07 Å². The minimum Gasteiger partial charge on any atom is -0.485 e. The maximum absolute atomic E-state index is 13.1. The number of nitrogens with two attached hydrogens (primary N) is 1. The maximum atomic E-state index is 13.1. The number of ether oxygens (including phenoxy) is 1. The molecule has 1 aliphatic rings. The fraction of sp³-hybridized carbons (Fsp3) is 0.188. The highest BCUT2D eigenvalue weighted by molar-refractivity contribution is 5.76. The number of halogens is 3. The molecule has 0 saturated carbocycles. The molecule has 0 amide bonds. The molecule has 1 aliphatic heterocycles. The highest BCUT2D eigenvalue weighted by atomic mass is 19.4. The first kappa shape index (κ1) is 13.9. The van der Waals surface area contributed by atoms with Crippen molar-refractivity contribution < 1.29 is 17.9 Å². The smallest absolute Gasteiger partial charge is 0.416 e. The second-order valence-electron chi connectivity index (χ2n) is 4.86. The van der Waals surface area contributed by atoms with Crippen molar-refractivity contribution in [2.45, 2.75) is 19.1 Å². The van der Waals surface area contributed by atoms with Crippen LogP contribution in [0.3, 0.4) is 0 Å². The normalized spacial score (nSPS) is 13.9. The zero-order chi connectivity index (χ0) is 15.0. The van der Waals surface area contributed by atoms with Crippen molar-refractivity contribution in [3.8, 4) is 16.9 Å². The lowest BCUT2D eigenvalue weighted by molar-refractivity contribution is -0.137.